The Morgan fingerprint density at radius 1 is 1.33 bits per heavy atom. The predicted octanol–water partition coefficient (Wildman–Crippen LogP) is -1.64. The van der Waals surface area contributed by atoms with Gasteiger partial charge in [0.1, 0.15) is 15.9 Å². The van der Waals surface area contributed by atoms with E-state index in [9.17, 15) is 18.1 Å². The number of hydrogen-bond acceptors (Lipinski definition) is 5. The van der Waals surface area contributed by atoms with Crippen LogP contribution in [0, 0.1) is 0 Å². The second-order valence-electron chi connectivity index (χ2n) is 4.00. The summed E-state index contributed by atoms with van der Waals surface area (Å²) >= 11 is 0. The Labute approximate surface area is 129 Å². The molecular formula is C11H15NaO5S. The molecule has 0 aliphatic rings. The summed E-state index contributed by atoms with van der Waals surface area (Å²) in [5, 5.41) is 9.39. The third-order valence-corrected chi connectivity index (χ3v) is 3.25. The molecule has 0 aliphatic carbocycles. The molecule has 1 atom stereocenters. The van der Waals surface area contributed by atoms with Gasteiger partial charge in [0, 0.05) is 0 Å². The topological polar surface area (TPSA) is 86.7 Å². The second kappa shape index (κ2) is 6.88. The van der Waals surface area contributed by atoms with Crippen LogP contribution in [0.4, 0.5) is 0 Å². The number of hydrogen-bond donors (Lipinski definition) is 1. The molecule has 1 N–H and O–H groups in total. The number of benzene rings is 1. The minimum atomic E-state index is -4.75. The fraction of sp³-hybridized carbons (Fsp3) is 0.455. The monoisotopic (exact) mass is 282 g/mol. The maximum atomic E-state index is 10.7. The Bertz CT molecular complexity index is 498. The Kier molecular flexibility index (Phi) is 6.84. The maximum Gasteiger partial charge on any atom is 1.00 e. The fourth-order valence-corrected chi connectivity index (χ4v) is 2.00. The summed E-state index contributed by atoms with van der Waals surface area (Å²) in [5.41, 5.74) is -1.23. The minimum Gasteiger partial charge on any atom is -0.746 e. The van der Waals surface area contributed by atoms with Crippen LogP contribution in [0.15, 0.2) is 18.2 Å². The van der Waals surface area contributed by atoms with Crippen molar-refractivity contribution < 1.29 is 52.4 Å². The number of methoxy groups -OCH3 is 1. The quantitative estimate of drug-likeness (QED) is 0.528. The molecule has 0 fully saturated rings. The molecule has 1 aromatic carbocycles. The van der Waals surface area contributed by atoms with Crippen molar-refractivity contribution in [2.45, 2.75) is 25.2 Å². The third-order valence-electron chi connectivity index (χ3n) is 2.43. The van der Waals surface area contributed by atoms with Crippen LogP contribution in [0.1, 0.15) is 36.3 Å². The van der Waals surface area contributed by atoms with Gasteiger partial charge in [0.15, 0.2) is 5.44 Å². The number of aliphatic hydroxyl groups is 1. The standard InChI is InChI=1S/C11H16O5S.Na/c1-7(2)9-6-8(4-5-10(9)16-3)11(12)17(13,14)15;/h4-7,11-12H,1-3H3,(H,13,14,15);/q;+1/p-1. The molecule has 1 unspecified atom stereocenters. The van der Waals surface area contributed by atoms with Crippen molar-refractivity contribution in [2.24, 2.45) is 0 Å². The summed E-state index contributed by atoms with van der Waals surface area (Å²) in [6.45, 7) is 3.80. The molecule has 0 saturated carbocycles. The van der Waals surface area contributed by atoms with E-state index in [4.69, 9.17) is 4.74 Å². The molecule has 0 bridgehead atoms. The predicted molar refractivity (Wildman–Crippen MR) is 61.7 cm³/mol. The molecular weight excluding hydrogens is 267 g/mol. The summed E-state index contributed by atoms with van der Waals surface area (Å²) in [6, 6.07) is 4.38. The van der Waals surface area contributed by atoms with Crippen LogP contribution in [-0.4, -0.2) is 25.2 Å². The van der Waals surface area contributed by atoms with E-state index >= 15 is 0 Å². The van der Waals surface area contributed by atoms with E-state index in [0.717, 1.165) is 5.56 Å². The van der Waals surface area contributed by atoms with Gasteiger partial charge < -0.3 is 14.4 Å². The van der Waals surface area contributed by atoms with Crippen molar-refractivity contribution in [1.82, 2.24) is 0 Å². The zero-order valence-electron chi connectivity index (χ0n) is 10.9. The molecule has 5 nitrogen and oxygen atoms in total. The van der Waals surface area contributed by atoms with Crippen LogP contribution in [0.3, 0.4) is 0 Å². The molecule has 7 heteroatoms. The van der Waals surface area contributed by atoms with Gasteiger partial charge in [0.2, 0.25) is 0 Å². The van der Waals surface area contributed by atoms with Crippen molar-refractivity contribution in [3.63, 3.8) is 0 Å². The van der Waals surface area contributed by atoms with Crippen LogP contribution < -0.4 is 34.3 Å². The molecule has 0 amide bonds. The Morgan fingerprint density at radius 3 is 2.28 bits per heavy atom. The van der Waals surface area contributed by atoms with E-state index < -0.39 is 15.6 Å². The Morgan fingerprint density at radius 2 is 1.89 bits per heavy atom. The van der Waals surface area contributed by atoms with Crippen molar-refractivity contribution in [2.75, 3.05) is 7.11 Å². The third kappa shape index (κ3) is 4.22. The summed E-state index contributed by atoms with van der Waals surface area (Å²) in [5.74, 6) is 0.686. The van der Waals surface area contributed by atoms with E-state index in [-0.39, 0.29) is 41.0 Å². The average molecular weight is 282 g/mol. The van der Waals surface area contributed by atoms with Gasteiger partial charge in [-0.1, -0.05) is 19.9 Å². The Hall–Kier alpha value is -0.110. The summed E-state index contributed by atoms with van der Waals surface area (Å²) in [6.07, 6.45) is 0. The van der Waals surface area contributed by atoms with Gasteiger partial charge in [-0.15, -0.1) is 0 Å². The van der Waals surface area contributed by atoms with Crippen molar-refractivity contribution in [3.8, 4) is 5.75 Å². The van der Waals surface area contributed by atoms with Gasteiger partial charge in [-0.2, -0.15) is 0 Å². The van der Waals surface area contributed by atoms with Crippen LogP contribution in [0.2, 0.25) is 0 Å². The van der Waals surface area contributed by atoms with Gasteiger partial charge in [-0.05, 0) is 29.2 Å². The molecule has 1 rings (SSSR count). The molecule has 0 aromatic heterocycles. The van der Waals surface area contributed by atoms with E-state index in [0.29, 0.717) is 5.75 Å². The zero-order valence-corrected chi connectivity index (χ0v) is 13.7. The largest absolute Gasteiger partial charge is 1.00 e. The second-order valence-corrected chi connectivity index (χ2v) is 5.43. The van der Waals surface area contributed by atoms with Gasteiger partial charge in [-0.3, -0.25) is 0 Å². The van der Waals surface area contributed by atoms with Crippen LogP contribution in [0.25, 0.3) is 0 Å². The number of ether oxygens (including phenoxy) is 1. The SMILES string of the molecule is COc1ccc(C(O)S(=O)(=O)[O-])cc1C(C)C.[Na+]. The van der Waals surface area contributed by atoms with E-state index in [2.05, 4.69) is 0 Å². The molecule has 18 heavy (non-hydrogen) atoms. The van der Waals surface area contributed by atoms with E-state index in [1.54, 1.807) is 6.07 Å². The van der Waals surface area contributed by atoms with E-state index in [1.165, 1.54) is 19.2 Å². The molecule has 1 aromatic rings. The first-order valence-electron chi connectivity index (χ1n) is 5.08. The zero-order chi connectivity index (χ0) is 13.2. The normalized spacial score (nSPS) is 13.0. The first-order chi connectivity index (χ1) is 7.77. The summed E-state index contributed by atoms with van der Waals surface area (Å²) < 4.78 is 37.3. The smallest absolute Gasteiger partial charge is 0.746 e. The first-order valence-corrected chi connectivity index (χ1v) is 6.55. The van der Waals surface area contributed by atoms with Crippen LogP contribution >= 0.6 is 0 Å². The molecule has 0 radical (unpaired) electrons. The van der Waals surface area contributed by atoms with Gasteiger partial charge in [0.25, 0.3) is 0 Å². The Balaban J connectivity index is 0.00000289. The van der Waals surface area contributed by atoms with Gasteiger partial charge in [-0.25, -0.2) is 8.42 Å². The van der Waals surface area contributed by atoms with Crippen molar-refractivity contribution in [3.05, 3.63) is 29.3 Å². The van der Waals surface area contributed by atoms with E-state index in [1.807, 2.05) is 13.8 Å². The van der Waals surface area contributed by atoms with Gasteiger partial charge >= 0.3 is 29.6 Å². The maximum absolute atomic E-state index is 10.7. The van der Waals surface area contributed by atoms with Crippen LogP contribution in [0.5, 0.6) is 5.75 Å². The fourth-order valence-electron chi connectivity index (χ4n) is 1.52. The molecule has 0 saturated heterocycles. The minimum absolute atomic E-state index is 0. The molecule has 96 valence electrons. The van der Waals surface area contributed by atoms with Crippen molar-refractivity contribution >= 4 is 10.1 Å². The summed E-state index contributed by atoms with van der Waals surface area (Å²) in [4.78, 5) is 0. The number of rotatable bonds is 4. The first kappa shape index (κ1) is 17.9. The molecule has 0 aliphatic heterocycles. The number of aliphatic hydroxyl groups excluding tert-OH is 1. The molecule has 0 heterocycles. The van der Waals surface area contributed by atoms with Crippen LogP contribution in [-0.2, 0) is 10.1 Å². The average Bonchev–Trinajstić information content (AvgIpc) is 2.25. The van der Waals surface area contributed by atoms with Gasteiger partial charge in [0.05, 0.1) is 7.11 Å². The van der Waals surface area contributed by atoms with Crippen molar-refractivity contribution in [1.29, 1.82) is 0 Å². The molecule has 0 spiro atoms. The summed E-state index contributed by atoms with van der Waals surface area (Å²) in [7, 11) is -3.25.